The summed E-state index contributed by atoms with van der Waals surface area (Å²) in [6.07, 6.45) is 1.05. The molecule has 0 aromatic heterocycles. The molecule has 1 atom stereocenters. The van der Waals surface area contributed by atoms with Crippen LogP contribution in [0.1, 0.15) is 38.8 Å². The molecule has 0 radical (unpaired) electrons. The Kier molecular flexibility index (Phi) is 4.76. The number of hydrogen-bond donors (Lipinski definition) is 1. The van der Waals surface area contributed by atoms with Crippen molar-refractivity contribution in [2.45, 2.75) is 33.2 Å². The van der Waals surface area contributed by atoms with Crippen LogP contribution in [0.5, 0.6) is 0 Å². The smallest absolute Gasteiger partial charge is 0.0783 e. The Hall–Kier alpha value is -0.890. The lowest BCUT2D eigenvalue weighted by Crippen LogP contribution is -2.29. The molecule has 0 amide bonds. The lowest BCUT2D eigenvalue weighted by atomic mass is 10.0. The van der Waals surface area contributed by atoms with E-state index in [1.165, 1.54) is 5.56 Å². The number of benzene rings is 1. The fraction of sp³-hybridized carbons (Fsp3) is 0.462. The highest BCUT2D eigenvalue weighted by Crippen LogP contribution is 2.16. The highest BCUT2D eigenvalue weighted by atomic mass is 32.1. The molecule has 0 heterocycles. The van der Waals surface area contributed by atoms with Crippen molar-refractivity contribution in [3.8, 4) is 0 Å². The predicted octanol–water partition coefficient (Wildman–Crippen LogP) is 3.71. The maximum atomic E-state index is 5.31. The van der Waals surface area contributed by atoms with Crippen LogP contribution in [0.25, 0.3) is 0 Å². The van der Waals surface area contributed by atoms with Gasteiger partial charge < -0.3 is 5.32 Å². The van der Waals surface area contributed by atoms with E-state index in [1.807, 2.05) is 6.07 Å². The molecule has 0 aliphatic heterocycles. The minimum absolute atomic E-state index is 0.348. The number of thiocarbonyl (C=S) groups is 1. The molecule has 2 heteroatoms. The average Bonchev–Trinajstić information content (AvgIpc) is 2.26. The second-order valence-corrected chi connectivity index (χ2v) is 4.47. The quantitative estimate of drug-likeness (QED) is 0.778. The normalized spacial score (nSPS) is 12.5. The molecule has 82 valence electrons. The fourth-order valence-electron chi connectivity index (χ4n) is 1.44. The monoisotopic (exact) mass is 221 g/mol. The minimum atomic E-state index is 0.348. The summed E-state index contributed by atoms with van der Waals surface area (Å²) in [4.78, 5) is 0.950. The first-order chi connectivity index (χ1) is 7.15. The molecule has 0 bridgehead atoms. The van der Waals surface area contributed by atoms with Crippen LogP contribution in [0.15, 0.2) is 30.3 Å². The fourth-order valence-corrected chi connectivity index (χ4v) is 1.59. The van der Waals surface area contributed by atoms with E-state index in [0.717, 1.165) is 11.4 Å². The number of hydrogen-bond acceptors (Lipinski definition) is 1. The molecule has 0 aliphatic rings. The van der Waals surface area contributed by atoms with Crippen molar-refractivity contribution in [2.75, 3.05) is 0 Å². The molecule has 15 heavy (non-hydrogen) atoms. The van der Waals surface area contributed by atoms with E-state index in [9.17, 15) is 0 Å². The molecule has 1 aromatic rings. The molecule has 0 saturated heterocycles. The highest BCUT2D eigenvalue weighted by Gasteiger charge is 2.11. The van der Waals surface area contributed by atoms with Crippen molar-refractivity contribution in [1.29, 1.82) is 0 Å². The van der Waals surface area contributed by atoms with Gasteiger partial charge in [0.2, 0.25) is 0 Å². The van der Waals surface area contributed by atoms with Gasteiger partial charge in [-0.1, -0.05) is 63.3 Å². The summed E-state index contributed by atoms with van der Waals surface area (Å²) in [5.74, 6) is 0.415. The van der Waals surface area contributed by atoms with Gasteiger partial charge in [0.25, 0.3) is 0 Å². The molecular weight excluding hydrogens is 202 g/mol. The summed E-state index contributed by atoms with van der Waals surface area (Å²) in [6.45, 7) is 6.41. The summed E-state index contributed by atoms with van der Waals surface area (Å²) in [5, 5.41) is 3.41. The largest absolute Gasteiger partial charge is 0.373 e. The first-order valence-corrected chi connectivity index (χ1v) is 5.91. The summed E-state index contributed by atoms with van der Waals surface area (Å²) < 4.78 is 0. The lowest BCUT2D eigenvalue weighted by Gasteiger charge is -2.20. The third-order valence-corrected chi connectivity index (χ3v) is 3.04. The molecule has 0 fully saturated rings. The van der Waals surface area contributed by atoms with E-state index in [2.05, 4.69) is 50.4 Å². The van der Waals surface area contributed by atoms with Crippen molar-refractivity contribution >= 4 is 17.2 Å². The zero-order valence-corrected chi connectivity index (χ0v) is 10.5. The van der Waals surface area contributed by atoms with Crippen molar-refractivity contribution < 1.29 is 0 Å². The van der Waals surface area contributed by atoms with Crippen LogP contribution in [0.3, 0.4) is 0 Å². The van der Waals surface area contributed by atoms with Crippen LogP contribution < -0.4 is 5.32 Å². The van der Waals surface area contributed by atoms with Gasteiger partial charge in [-0.3, -0.25) is 0 Å². The highest BCUT2D eigenvalue weighted by molar-refractivity contribution is 7.80. The first-order valence-electron chi connectivity index (χ1n) is 5.50. The molecule has 1 aromatic carbocycles. The molecule has 1 N–H and O–H groups in total. The Balaban J connectivity index is 2.69. The Labute approximate surface area is 97.9 Å². The predicted molar refractivity (Wildman–Crippen MR) is 70.0 cm³/mol. The number of rotatable bonds is 4. The zero-order valence-electron chi connectivity index (χ0n) is 9.66. The van der Waals surface area contributed by atoms with Crippen molar-refractivity contribution in [2.24, 2.45) is 5.92 Å². The van der Waals surface area contributed by atoms with Gasteiger partial charge in [-0.15, -0.1) is 0 Å². The van der Waals surface area contributed by atoms with Gasteiger partial charge in [0.1, 0.15) is 0 Å². The van der Waals surface area contributed by atoms with Gasteiger partial charge in [-0.25, -0.2) is 0 Å². The molecule has 0 aliphatic carbocycles. The second kappa shape index (κ2) is 5.86. The number of nitrogens with one attached hydrogen (secondary N) is 1. The van der Waals surface area contributed by atoms with Crippen molar-refractivity contribution in [3.63, 3.8) is 0 Å². The van der Waals surface area contributed by atoms with E-state index in [4.69, 9.17) is 12.2 Å². The van der Waals surface area contributed by atoms with E-state index in [-0.39, 0.29) is 0 Å². The Morgan fingerprint density at radius 1 is 1.27 bits per heavy atom. The van der Waals surface area contributed by atoms with E-state index in [0.29, 0.717) is 12.0 Å². The summed E-state index contributed by atoms with van der Waals surface area (Å²) in [5.41, 5.74) is 1.31. The van der Waals surface area contributed by atoms with Crippen LogP contribution in [0.2, 0.25) is 0 Å². The molecular formula is C13H19NS. The van der Waals surface area contributed by atoms with Crippen LogP contribution in [0.4, 0.5) is 0 Å². The second-order valence-electron chi connectivity index (χ2n) is 4.03. The maximum absolute atomic E-state index is 5.31. The average molecular weight is 221 g/mol. The van der Waals surface area contributed by atoms with Crippen molar-refractivity contribution in [1.82, 2.24) is 5.32 Å². The summed E-state index contributed by atoms with van der Waals surface area (Å²) in [6, 6.07) is 10.8. The van der Waals surface area contributed by atoms with Crippen LogP contribution in [-0.4, -0.2) is 4.99 Å². The lowest BCUT2D eigenvalue weighted by molar-refractivity contribution is 0.612. The van der Waals surface area contributed by atoms with Gasteiger partial charge >= 0.3 is 0 Å². The molecule has 1 nitrogen and oxygen atoms in total. The molecule has 0 saturated carbocycles. The minimum Gasteiger partial charge on any atom is -0.373 e. The van der Waals surface area contributed by atoms with Gasteiger partial charge in [0, 0.05) is 5.92 Å². The van der Waals surface area contributed by atoms with Crippen LogP contribution >= 0.6 is 12.2 Å². The standard InChI is InChI=1S/C13H19NS/c1-4-12(14-13(15)10(2)3)11-8-6-5-7-9-11/h5-10,12H,4H2,1-3H3,(H,14,15). The maximum Gasteiger partial charge on any atom is 0.0783 e. The molecule has 0 spiro atoms. The SMILES string of the molecule is CCC(NC(=S)C(C)C)c1ccccc1. The van der Waals surface area contributed by atoms with E-state index >= 15 is 0 Å². The van der Waals surface area contributed by atoms with Crippen LogP contribution in [0, 0.1) is 5.92 Å². The third kappa shape index (κ3) is 3.63. The van der Waals surface area contributed by atoms with Gasteiger partial charge in [0.05, 0.1) is 11.0 Å². The van der Waals surface area contributed by atoms with Gasteiger partial charge in [-0.2, -0.15) is 0 Å². The van der Waals surface area contributed by atoms with Gasteiger partial charge in [-0.05, 0) is 12.0 Å². The van der Waals surface area contributed by atoms with Gasteiger partial charge in [0.15, 0.2) is 0 Å². The van der Waals surface area contributed by atoms with Crippen molar-refractivity contribution in [3.05, 3.63) is 35.9 Å². The Morgan fingerprint density at radius 2 is 1.87 bits per heavy atom. The molecule has 1 rings (SSSR count). The van der Waals surface area contributed by atoms with E-state index < -0.39 is 0 Å². The zero-order chi connectivity index (χ0) is 11.3. The topological polar surface area (TPSA) is 12.0 Å². The summed E-state index contributed by atoms with van der Waals surface area (Å²) >= 11 is 5.31. The third-order valence-electron chi connectivity index (χ3n) is 2.45. The Morgan fingerprint density at radius 3 is 2.33 bits per heavy atom. The summed E-state index contributed by atoms with van der Waals surface area (Å²) in [7, 11) is 0. The van der Waals surface area contributed by atoms with E-state index in [1.54, 1.807) is 0 Å². The molecule has 1 unspecified atom stereocenters. The first kappa shape index (κ1) is 12.2. The Bertz CT molecular complexity index is 306. The van der Waals surface area contributed by atoms with Crippen LogP contribution in [-0.2, 0) is 0 Å².